The van der Waals surface area contributed by atoms with Crippen molar-refractivity contribution in [1.82, 2.24) is 9.55 Å². The predicted molar refractivity (Wildman–Crippen MR) is 72.6 cm³/mol. The minimum absolute atomic E-state index is 0.0985. The zero-order chi connectivity index (χ0) is 14.7. The molecule has 7 heteroatoms. The molecule has 1 aromatic heterocycles. The summed E-state index contributed by atoms with van der Waals surface area (Å²) in [6.45, 7) is -1.15. The summed E-state index contributed by atoms with van der Waals surface area (Å²) >= 11 is 3.30. The van der Waals surface area contributed by atoms with Crippen LogP contribution in [0, 0.1) is 0 Å². The van der Waals surface area contributed by atoms with Crippen LogP contribution in [-0.4, -0.2) is 14.7 Å². The number of hydrogen-bond donors (Lipinski definition) is 1. The molecule has 1 heterocycles. The van der Waals surface area contributed by atoms with Gasteiger partial charge in [-0.15, -0.1) is 0 Å². The van der Waals surface area contributed by atoms with Crippen LogP contribution in [0.1, 0.15) is 31.0 Å². The molecule has 0 aliphatic rings. The number of nitrogens with zero attached hydrogens (tertiary/aromatic N) is 2. The van der Waals surface area contributed by atoms with Gasteiger partial charge in [0.2, 0.25) is 0 Å². The molecule has 0 spiro atoms. The van der Waals surface area contributed by atoms with Crippen LogP contribution in [0.5, 0.6) is 5.75 Å². The van der Waals surface area contributed by atoms with E-state index in [1.165, 1.54) is 12.4 Å². The Morgan fingerprint density at radius 2 is 2.20 bits per heavy atom. The molecule has 0 radical (unpaired) electrons. The fourth-order valence-corrected chi connectivity index (χ4v) is 2.13. The molecule has 1 aromatic carbocycles. The van der Waals surface area contributed by atoms with Gasteiger partial charge in [0.1, 0.15) is 12.4 Å². The molecule has 2 aromatic rings. The van der Waals surface area contributed by atoms with Crippen molar-refractivity contribution in [3.63, 3.8) is 0 Å². The van der Waals surface area contributed by atoms with Gasteiger partial charge >= 0.3 is 6.55 Å². The fraction of sp³-hybridized carbons (Fsp3) is 0.308. The second-order valence-electron chi connectivity index (χ2n) is 4.18. The average Bonchev–Trinajstić information content (AvgIpc) is 2.85. The lowest BCUT2D eigenvalue weighted by Crippen LogP contribution is -2.08. The first-order chi connectivity index (χ1) is 9.49. The third kappa shape index (κ3) is 3.34. The van der Waals surface area contributed by atoms with Crippen molar-refractivity contribution >= 4 is 15.9 Å². The van der Waals surface area contributed by atoms with Crippen LogP contribution in [0.4, 0.5) is 8.78 Å². The molecule has 0 unspecified atom stereocenters. The van der Waals surface area contributed by atoms with Crippen molar-refractivity contribution in [2.75, 3.05) is 0 Å². The third-order valence-corrected chi connectivity index (χ3v) is 3.23. The highest BCUT2D eigenvalue weighted by Gasteiger charge is 2.14. The second kappa shape index (κ2) is 6.32. The Kier molecular flexibility index (Phi) is 4.72. The van der Waals surface area contributed by atoms with Crippen molar-refractivity contribution in [2.24, 2.45) is 0 Å². The Balaban J connectivity index is 2.17. The maximum absolute atomic E-state index is 12.7. The topological polar surface area (TPSA) is 47.3 Å². The van der Waals surface area contributed by atoms with Crippen LogP contribution in [0.25, 0.3) is 0 Å². The molecule has 1 atom stereocenters. The van der Waals surface area contributed by atoms with E-state index in [0.717, 1.165) is 9.04 Å². The Labute approximate surface area is 123 Å². The van der Waals surface area contributed by atoms with Gasteiger partial charge in [0.25, 0.3) is 0 Å². The summed E-state index contributed by atoms with van der Waals surface area (Å²) in [4.78, 5) is 3.83. The summed E-state index contributed by atoms with van der Waals surface area (Å²) in [7, 11) is 0. The van der Waals surface area contributed by atoms with E-state index in [2.05, 4.69) is 20.9 Å². The molecule has 0 aliphatic heterocycles. The van der Waals surface area contributed by atoms with Gasteiger partial charge in [0, 0.05) is 22.4 Å². The van der Waals surface area contributed by atoms with E-state index in [4.69, 9.17) is 4.74 Å². The van der Waals surface area contributed by atoms with E-state index in [-0.39, 0.29) is 12.4 Å². The van der Waals surface area contributed by atoms with Gasteiger partial charge in [-0.05, 0) is 25.1 Å². The van der Waals surface area contributed by atoms with Crippen molar-refractivity contribution < 1.29 is 18.6 Å². The quantitative estimate of drug-likeness (QED) is 0.898. The van der Waals surface area contributed by atoms with E-state index >= 15 is 0 Å². The Hall–Kier alpha value is -1.47. The molecule has 2 rings (SSSR count). The highest BCUT2D eigenvalue weighted by atomic mass is 79.9. The zero-order valence-corrected chi connectivity index (χ0v) is 12.2. The summed E-state index contributed by atoms with van der Waals surface area (Å²) < 4.78 is 32.4. The molecule has 0 aliphatic carbocycles. The minimum atomic E-state index is -2.66. The number of benzene rings is 1. The number of rotatable bonds is 5. The maximum atomic E-state index is 12.7. The van der Waals surface area contributed by atoms with Crippen LogP contribution >= 0.6 is 15.9 Å². The van der Waals surface area contributed by atoms with Gasteiger partial charge < -0.3 is 9.84 Å². The number of ether oxygens (including phenoxy) is 1. The van der Waals surface area contributed by atoms with Gasteiger partial charge in [-0.3, -0.25) is 4.57 Å². The van der Waals surface area contributed by atoms with Crippen LogP contribution in [0.2, 0.25) is 0 Å². The van der Waals surface area contributed by atoms with E-state index < -0.39 is 12.7 Å². The average molecular weight is 347 g/mol. The van der Waals surface area contributed by atoms with Crippen LogP contribution < -0.4 is 4.74 Å². The molecule has 0 saturated heterocycles. The lowest BCUT2D eigenvalue weighted by molar-refractivity contribution is 0.0630. The van der Waals surface area contributed by atoms with Crippen LogP contribution in [0.15, 0.2) is 35.1 Å². The first kappa shape index (κ1) is 14.9. The van der Waals surface area contributed by atoms with Crippen molar-refractivity contribution in [2.45, 2.75) is 26.2 Å². The summed E-state index contributed by atoms with van der Waals surface area (Å²) in [5.74, 6) is 0.562. The molecule has 0 fully saturated rings. The molecule has 108 valence electrons. The third-order valence-electron chi connectivity index (χ3n) is 2.74. The maximum Gasteiger partial charge on any atom is 0.320 e. The summed E-state index contributed by atoms with van der Waals surface area (Å²) in [6.07, 6.45) is 1.76. The second-order valence-corrected chi connectivity index (χ2v) is 5.09. The highest BCUT2D eigenvalue weighted by Crippen LogP contribution is 2.29. The number of hydrogen-bond acceptors (Lipinski definition) is 3. The molecule has 20 heavy (non-hydrogen) atoms. The molecule has 0 amide bonds. The summed E-state index contributed by atoms with van der Waals surface area (Å²) in [6, 6.07) is 5.14. The van der Waals surface area contributed by atoms with E-state index in [9.17, 15) is 13.9 Å². The SMILES string of the molecule is C[C@@H](O)c1cc(Br)ccc1OCc1nccn1C(F)F. The number of alkyl halides is 2. The van der Waals surface area contributed by atoms with E-state index in [1.54, 1.807) is 25.1 Å². The number of aliphatic hydroxyl groups is 1. The van der Waals surface area contributed by atoms with Crippen molar-refractivity contribution in [3.05, 3.63) is 46.5 Å². The standard InChI is InChI=1S/C13H13BrF2N2O2/c1-8(19)10-6-9(14)2-3-11(10)20-7-12-17-4-5-18(12)13(15)16/h2-6,8,13,19H,7H2,1H3/t8-/m1/s1. The number of halogens is 3. The van der Waals surface area contributed by atoms with Gasteiger partial charge in [-0.2, -0.15) is 8.78 Å². The fourth-order valence-electron chi connectivity index (χ4n) is 1.75. The normalized spacial score (nSPS) is 12.7. The van der Waals surface area contributed by atoms with Crippen molar-refractivity contribution in [1.29, 1.82) is 0 Å². The van der Waals surface area contributed by atoms with Crippen LogP contribution in [0.3, 0.4) is 0 Å². The molecular weight excluding hydrogens is 334 g/mol. The monoisotopic (exact) mass is 346 g/mol. The molecule has 0 saturated carbocycles. The van der Waals surface area contributed by atoms with E-state index in [0.29, 0.717) is 11.3 Å². The van der Waals surface area contributed by atoms with Gasteiger partial charge in [-0.25, -0.2) is 4.98 Å². The van der Waals surface area contributed by atoms with Gasteiger partial charge in [0.15, 0.2) is 5.82 Å². The van der Waals surface area contributed by atoms with E-state index in [1.807, 2.05) is 0 Å². The summed E-state index contributed by atoms with van der Waals surface area (Å²) in [5, 5.41) is 9.69. The molecule has 0 bridgehead atoms. The van der Waals surface area contributed by atoms with Gasteiger partial charge in [0.05, 0.1) is 6.10 Å². The lowest BCUT2D eigenvalue weighted by Gasteiger charge is -2.14. The minimum Gasteiger partial charge on any atom is -0.485 e. The Bertz CT molecular complexity index is 588. The first-order valence-electron chi connectivity index (χ1n) is 5.89. The zero-order valence-electron chi connectivity index (χ0n) is 10.6. The predicted octanol–water partition coefficient (Wildman–Crippen LogP) is 3.67. The molecular formula is C13H13BrF2N2O2. The first-order valence-corrected chi connectivity index (χ1v) is 6.68. The van der Waals surface area contributed by atoms with Crippen molar-refractivity contribution in [3.8, 4) is 5.75 Å². The van der Waals surface area contributed by atoms with Gasteiger partial charge in [-0.1, -0.05) is 15.9 Å². The van der Waals surface area contributed by atoms with Crippen LogP contribution in [-0.2, 0) is 6.61 Å². The Morgan fingerprint density at radius 1 is 1.45 bits per heavy atom. The molecule has 1 N–H and O–H groups in total. The largest absolute Gasteiger partial charge is 0.485 e. The number of aromatic nitrogens is 2. The summed E-state index contributed by atoms with van der Waals surface area (Å²) in [5.41, 5.74) is 0.578. The smallest absolute Gasteiger partial charge is 0.320 e. The number of imidazole rings is 1. The molecule has 4 nitrogen and oxygen atoms in total. The highest BCUT2D eigenvalue weighted by molar-refractivity contribution is 9.10. The Morgan fingerprint density at radius 3 is 2.85 bits per heavy atom. The number of aliphatic hydroxyl groups excluding tert-OH is 1. The lowest BCUT2D eigenvalue weighted by atomic mass is 10.1.